The van der Waals surface area contributed by atoms with Gasteiger partial charge in [-0.25, -0.2) is 0 Å². The van der Waals surface area contributed by atoms with Crippen LogP contribution in [0.1, 0.15) is 6.92 Å². The van der Waals surface area contributed by atoms with E-state index in [1.807, 2.05) is 0 Å². The number of carbonyl (C=O) groups excluding carboxylic acids is 1. The molecule has 0 aromatic rings. The van der Waals surface area contributed by atoms with Crippen molar-refractivity contribution in [1.29, 1.82) is 0 Å². The van der Waals surface area contributed by atoms with E-state index in [4.69, 9.17) is 9.90 Å². The maximum Gasteiger partial charge on any atom is 0.0383 e. The van der Waals surface area contributed by atoms with Crippen molar-refractivity contribution in [2.24, 2.45) is 0 Å². The zero-order chi connectivity index (χ0) is 3.58. The fourth-order valence-electron chi connectivity index (χ4n) is 0. The molecule has 0 unspecified atom stereocenters. The van der Waals surface area contributed by atoms with Gasteiger partial charge in [-0.2, -0.15) is 0 Å². The molecule has 0 spiro atoms. The van der Waals surface area contributed by atoms with Crippen molar-refractivity contribution in [3.63, 3.8) is 0 Å². The summed E-state index contributed by atoms with van der Waals surface area (Å²) in [7, 11) is 0. The zero-order valence-corrected chi connectivity index (χ0v) is 6.96. The summed E-state index contributed by atoms with van der Waals surface area (Å²) < 4.78 is 0. The van der Waals surface area contributed by atoms with Gasteiger partial charge in [0, 0.05) is 47.7 Å². The third-order valence-electron chi connectivity index (χ3n) is 0. The quantitative estimate of drug-likeness (QED) is 0.572. The van der Waals surface area contributed by atoms with Gasteiger partial charge in [0.1, 0.15) is 0 Å². The molecule has 0 aromatic heterocycles. The van der Waals surface area contributed by atoms with Gasteiger partial charge in [0.05, 0.1) is 0 Å². The minimum atomic E-state index is -1.08. The Morgan fingerprint density at radius 3 is 1.67 bits per heavy atom. The molecule has 4 heteroatoms. The Labute approximate surface area is 70.1 Å². The Morgan fingerprint density at radius 2 is 1.67 bits per heavy atom. The topological polar surface area (TPSA) is 76.6 Å². The summed E-state index contributed by atoms with van der Waals surface area (Å²) in [4.78, 5) is 8.89. The number of aliphatic carboxylic acids is 1. The van der Waals surface area contributed by atoms with Gasteiger partial charge in [-0.05, 0) is 6.92 Å². The molecule has 36 valence electrons. The van der Waals surface area contributed by atoms with Crippen molar-refractivity contribution in [1.82, 2.24) is 6.15 Å². The van der Waals surface area contributed by atoms with Crippen molar-refractivity contribution < 1.29 is 51.6 Å². The Morgan fingerprint density at radius 1 is 1.67 bits per heavy atom. The molecule has 0 heterocycles. The first-order valence-electron chi connectivity index (χ1n) is 0.908. The van der Waals surface area contributed by atoms with E-state index in [0.29, 0.717) is 0 Å². The maximum atomic E-state index is 8.89. The Kier molecular flexibility index (Phi) is 24.4. The molecule has 0 aliphatic heterocycles. The zero-order valence-electron chi connectivity index (χ0n) is 3.82. The monoisotopic (exact) mass is 217 g/mol. The van der Waals surface area contributed by atoms with Crippen LogP contribution in [0.25, 0.3) is 0 Å². The first-order valence-corrected chi connectivity index (χ1v) is 0.908. The van der Waals surface area contributed by atoms with Crippen molar-refractivity contribution in [3.05, 3.63) is 0 Å². The average Bonchev–Trinajstić information content (AvgIpc) is 0.811. The maximum absolute atomic E-state index is 8.89. The molecular weight excluding hydrogens is 210 g/mol. The van der Waals surface area contributed by atoms with Crippen molar-refractivity contribution in [2.45, 2.75) is 6.92 Å². The van der Waals surface area contributed by atoms with E-state index >= 15 is 0 Å². The second-order valence-corrected chi connectivity index (χ2v) is 0.492. The number of quaternary nitrogens is 1. The molecule has 0 radical (unpaired) electrons. The molecule has 0 saturated carbocycles. The van der Waals surface area contributed by atoms with Crippen LogP contribution in [0, 0.1) is 41.7 Å². The molecule has 3 nitrogen and oxygen atoms in total. The average molecular weight is 217 g/mol. The van der Waals surface area contributed by atoms with Crippen LogP contribution >= 0.6 is 0 Å². The largest absolute Gasteiger partial charge is 0.550 e. The fourth-order valence-corrected chi connectivity index (χ4v) is 0. The first kappa shape index (κ1) is 15.8. The van der Waals surface area contributed by atoms with Crippen LogP contribution in [0.2, 0.25) is 0 Å². The number of carboxylic acid groups (broad SMARTS) is 1. The second kappa shape index (κ2) is 9.26. The van der Waals surface area contributed by atoms with Crippen LogP contribution in [0.3, 0.4) is 0 Å². The number of hydrogen-bond donors (Lipinski definition) is 1. The normalized spacial score (nSPS) is 4.17. The fraction of sp³-hybridized carbons (Fsp3) is 0.500. The SMILES string of the molecule is CC(=O)[O-].[Ce].[NH4+]. The minimum absolute atomic E-state index is 0. The Bertz CT molecular complexity index is 34.5. The molecule has 0 aromatic carbocycles. The summed E-state index contributed by atoms with van der Waals surface area (Å²) >= 11 is 0. The van der Waals surface area contributed by atoms with Gasteiger partial charge in [0.25, 0.3) is 0 Å². The molecule has 0 bridgehead atoms. The summed E-state index contributed by atoms with van der Waals surface area (Å²) in [6.45, 7) is 0.972. The predicted molar refractivity (Wildman–Crippen MR) is 16.7 cm³/mol. The summed E-state index contributed by atoms with van der Waals surface area (Å²) in [6.07, 6.45) is 0. The molecule has 0 fully saturated rings. The summed E-state index contributed by atoms with van der Waals surface area (Å²) in [5.74, 6) is -1.08. The number of carbonyl (C=O) groups is 1. The predicted octanol–water partition coefficient (Wildman–Crippen LogP) is -0.868. The smallest absolute Gasteiger partial charge is 0.0383 e. The van der Waals surface area contributed by atoms with Crippen LogP contribution in [0.5, 0.6) is 0 Å². The van der Waals surface area contributed by atoms with Gasteiger partial charge in [-0.1, -0.05) is 0 Å². The van der Waals surface area contributed by atoms with E-state index in [-0.39, 0.29) is 47.9 Å². The molecule has 0 amide bonds. The number of carboxylic acids is 1. The number of rotatable bonds is 0. The van der Waals surface area contributed by atoms with E-state index in [2.05, 4.69) is 0 Å². The van der Waals surface area contributed by atoms with Crippen LogP contribution < -0.4 is 11.3 Å². The van der Waals surface area contributed by atoms with Crippen molar-refractivity contribution >= 4 is 5.97 Å². The molecule has 0 saturated heterocycles. The standard InChI is InChI=1S/C2H4O2.Ce.H3N/c1-2(3)4;;/h1H3,(H,3,4);;1H3. The molecule has 0 atom stereocenters. The van der Waals surface area contributed by atoms with Crippen molar-refractivity contribution in [2.75, 3.05) is 0 Å². The van der Waals surface area contributed by atoms with Gasteiger partial charge in [0.15, 0.2) is 0 Å². The molecular formula is C2H7CeNO2. The van der Waals surface area contributed by atoms with E-state index in [9.17, 15) is 0 Å². The second-order valence-electron chi connectivity index (χ2n) is 0.492. The first-order chi connectivity index (χ1) is 1.73. The van der Waals surface area contributed by atoms with Gasteiger partial charge in [0.2, 0.25) is 0 Å². The van der Waals surface area contributed by atoms with Gasteiger partial charge < -0.3 is 16.1 Å². The van der Waals surface area contributed by atoms with E-state index in [0.717, 1.165) is 6.92 Å². The van der Waals surface area contributed by atoms with Gasteiger partial charge >= 0.3 is 0 Å². The van der Waals surface area contributed by atoms with Crippen LogP contribution in [-0.4, -0.2) is 5.97 Å². The summed E-state index contributed by atoms with van der Waals surface area (Å²) in [6, 6.07) is 0. The Balaban J connectivity index is -0.0000000450. The van der Waals surface area contributed by atoms with Crippen LogP contribution in [0.15, 0.2) is 0 Å². The molecule has 0 rings (SSSR count). The third-order valence-corrected chi connectivity index (χ3v) is 0. The molecule has 0 aliphatic carbocycles. The van der Waals surface area contributed by atoms with E-state index in [1.54, 1.807) is 0 Å². The molecule has 4 N–H and O–H groups in total. The number of hydrogen-bond acceptors (Lipinski definition) is 2. The van der Waals surface area contributed by atoms with E-state index < -0.39 is 5.97 Å². The minimum Gasteiger partial charge on any atom is -0.550 e. The van der Waals surface area contributed by atoms with Gasteiger partial charge in [-0.3, -0.25) is 0 Å². The van der Waals surface area contributed by atoms with Gasteiger partial charge in [-0.15, -0.1) is 0 Å². The van der Waals surface area contributed by atoms with E-state index in [1.165, 1.54) is 0 Å². The summed E-state index contributed by atoms with van der Waals surface area (Å²) in [5.41, 5.74) is 0. The van der Waals surface area contributed by atoms with Crippen molar-refractivity contribution in [3.8, 4) is 0 Å². The Hall–Kier alpha value is 0.807. The molecule has 0 aliphatic rings. The molecule has 6 heavy (non-hydrogen) atoms. The van der Waals surface area contributed by atoms with Crippen LogP contribution in [0.4, 0.5) is 0 Å². The summed E-state index contributed by atoms with van der Waals surface area (Å²) in [5, 5.41) is 8.89. The van der Waals surface area contributed by atoms with Crippen LogP contribution in [-0.2, 0) is 4.79 Å². The third kappa shape index (κ3) is 107.